The summed E-state index contributed by atoms with van der Waals surface area (Å²) in [4.78, 5) is 11.1. The molecule has 18 heavy (non-hydrogen) atoms. The van der Waals surface area contributed by atoms with Crippen LogP contribution in [-0.2, 0) is 4.79 Å². The lowest BCUT2D eigenvalue weighted by atomic mass is 10.0. The van der Waals surface area contributed by atoms with Gasteiger partial charge in [0.15, 0.2) is 0 Å². The van der Waals surface area contributed by atoms with E-state index in [0.717, 1.165) is 5.56 Å². The van der Waals surface area contributed by atoms with Gasteiger partial charge in [-0.15, -0.1) is 0 Å². The number of carbonyl (C=O) groups is 1. The van der Waals surface area contributed by atoms with E-state index in [9.17, 15) is 9.90 Å². The molecular formula is C15H14O3. The number of hydrogen-bond donors (Lipinski definition) is 1. The molecule has 0 heterocycles. The number of carbonyl (C=O) groups excluding carboxylic acids is 1. The van der Waals surface area contributed by atoms with Crippen molar-refractivity contribution in [1.82, 2.24) is 0 Å². The molecule has 2 aromatic carbocycles. The first-order chi connectivity index (χ1) is 8.70. The van der Waals surface area contributed by atoms with Crippen molar-refractivity contribution in [2.75, 3.05) is 0 Å². The Morgan fingerprint density at radius 1 is 1.17 bits per heavy atom. The molecule has 0 atom stereocenters. The molecule has 0 amide bonds. The lowest BCUT2D eigenvalue weighted by molar-refractivity contribution is -0.134. The summed E-state index contributed by atoms with van der Waals surface area (Å²) in [6, 6.07) is 14.4. The summed E-state index contributed by atoms with van der Waals surface area (Å²) in [7, 11) is 0. The van der Waals surface area contributed by atoms with Gasteiger partial charge in [0, 0.05) is 18.1 Å². The fraction of sp³-hybridized carbons (Fsp3) is 0.133. The van der Waals surface area contributed by atoms with Gasteiger partial charge in [-0.2, -0.15) is 0 Å². The topological polar surface area (TPSA) is 46.5 Å². The number of phenolic OH excluding ortho intramolecular Hbond substituents is 1. The van der Waals surface area contributed by atoms with Crippen LogP contribution in [0.4, 0.5) is 0 Å². The molecule has 2 aromatic rings. The van der Waals surface area contributed by atoms with Gasteiger partial charge in [0.25, 0.3) is 0 Å². The molecule has 0 saturated heterocycles. The molecule has 92 valence electrons. The summed E-state index contributed by atoms with van der Waals surface area (Å²) < 4.78 is 5.04. The Bertz CT molecular complexity index is 547. The molecule has 0 fully saturated rings. The van der Waals surface area contributed by atoms with E-state index in [1.54, 1.807) is 19.1 Å². The zero-order valence-electron chi connectivity index (χ0n) is 10.1. The van der Waals surface area contributed by atoms with Crippen LogP contribution in [-0.4, -0.2) is 11.1 Å². The quantitative estimate of drug-likeness (QED) is 0.663. The highest BCUT2D eigenvalue weighted by atomic mass is 16.5. The fourth-order valence-corrected chi connectivity index (χ4v) is 1.64. The van der Waals surface area contributed by atoms with Crippen LogP contribution >= 0.6 is 0 Å². The van der Waals surface area contributed by atoms with Crippen LogP contribution in [0.1, 0.15) is 13.3 Å². The van der Waals surface area contributed by atoms with Gasteiger partial charge in [-0.25, -0.2) is 0 Å². The monoisotopic (exact) mass is 242 g/mol. The molecular weight excluding hydrogens is 228 g/mol. The third kappa shape index (κ3) is 2.69. The van der Waals surface area contributed by atoms with E-state index < -0.39 is 0 Å². The fourth-order valence-electron chi connectivity index (χ4n) is 1.64. The lowest BCUT2D eigenvalue weighted by Crippen LogP contribution is -2.05. The molecule has 3 nitrogen and oxygen atoms in total. The van der Waals surface area contributed by atoms with Crippen LogP contribution in [0, 0.1) is 0 Å². The number of aromatic hydroxyl groups is 1. The second kappa shape index (κ2) is 5.36. The van der Waals surface area contributed by atoms with Crippen LogP contribution in [0.2, 0.25) is 0 Å². The molecule has 0 aliphatic rings. The van der Waals surface area contributed by atoms with Gasteiger partial charge >= 0.3 is 5.97 Å². The number of esters is 1. The summed E-state index contributed by atoms with van der Waals surface area (Å²) in [6.45, 7) is 1.72. The van der Waals surface area contributed by atoms with Crippen molar-refractivity contribution in [3.05, 3.63) is 48.5 Å². The highest BCUT2D eigenvalue weighted by molar-refractivity contribution is 5.74. The third-order valence-corrected chi connectivity index (χ3v) is 2.57. The second-order valence-corrected chi connectivity index (χ2v) is 3.87. The number of phenols is 1. The van der Waals surface area contributed by atoms with Crippen molar-refractivity contribution in [2.24, 2.45) is 0 Å². The van der Waals surface area contributed by atoms with E-state index in [2.05, 4.69) is 0 Å². The molecule has 0 saturated carbocycles. The summed E-state index contributed by atoms with van der Waals surface area (Å²) in [6.07, 6.45) is 0.307. The van der Waals surface area contributed by atoms with Crippen molar-refractivity contribution in [2.45, 2.75) is 13.3 Å². The lowest BCUT2D eigenvalue weighted by Gasteiger charge is -2.07. The summed E-state index contributed by atoms with van der Waals surface area (Å²) in [5.41, 5.74) is 1.63. The van der Waals surface area contributed by atoms with E-state index in [1.807, 2.05) is 30.3 Å². The first kappa shape index (κ1) is 12.2. The summed E-state index contributed by atoms with van der Waals surface area (Å²) in [5, 5.41) is 9.94. The molecule has 2 rings (SSSR count). The number of ether oxygens (including phenoxy) is 1. The van der Waals surface area contributed by atoms with Crippen molar-refractivity contribution < 1.29 is 14.6 Å². The van der Waals surface area contributed by atoms with Crippen molar-refractivity contribution in [3.8, 4) is 22.6 Å². The SMILES string of the molecule is CCC(=O)Oc1ccc(-c2ccccc2)c(O)c1. The first-order valence-electron chi connectivity index (χ1n) is 5.80. The predicted octanol–water partition coefficient (Wildman–Crippen LogP) is 3.37. The minimum atomic E-state index is -0.318. The normalized spacial score (nSPS) is 10.1. The Morgan fingerprint density at radius 2 is 1.89 bits per heavy atom. The molecule has 0 aliphatic heterocycles. The van der Waals surface area contributed by atoms with Gasteiger partial charge in [0.05, 0.1) is 0 Å². The van der Waals surface area contributed by atoms with Crippen LogP contribution in [0.5, 0.6) is 11.5 Å². The Balaban J connectivity index is 2.28. The second-order valence-electron chi connectivity index (χ2n) is 3.87. The largest absolute Gasteiger partial charge is 0.507 e. The smallest absolute Gasteiger partial charge is 0.310 e. The van der Waals surface area contributed by atoms with Gasteiger partial charge in [0.1, 0.15) is 11.5 Å². The highest BCUT2D eigenvalue weighted by Crippen LogP contribution is 2.32. The molecule has 0 aromatic heterocycles. The summed E-state index contributed by atoms with van der Waals surface area (Å²) >= 11 is 0. The number of hydrogen-bond acceptors (Lipinski definition) is 3. The maximum atomic E-state index is 11.1. The van der Waals surface area contributed by atoms with Crippen molar-refractivity contribution in [1.29, 1.82) is 0 Å². The molecule has 0 bridgehead atoms. The highest BCUT2D eigenvalue weighted by Gasteiger charge is 2.07. The zero-order valence-corrected chi connectivity index (χ0v) is 10.1. The van der Waals surface area contributed by atoms with Gasteiger partial charge < -0.3 is 9.84 Å². The molecule has 3 heteroatoms. The Hall–Kier alpha value is -2.29. The van der Waals surface area contributed by atoms with Gasteiger partial charge in [-0.1, -0.05) is 37.3 Å². The van der Waals surface area contributed by atoms with Crippen molar-refractivity contribution in [3.63, 3.8) is 0 Å². The van der Waals surface area contributed by atoms with Crippen LogP contribution in [0.3, 0.4) is 0 Å². The maximum Gasteiger partial charge on any atom is 0.310 e. The Kier molecular flexibility index (Phi) is 3.63. The van der Waals surface area contributed by atoms with E-state index >= 15 is 0 Å². The number of rotatable bonds is 3. The van der Waals surface area contributed by atoms with Crippen LogP contribution < -0.4 is 4.74 Å². The van der Waals surface area contributed by atoms with E-state index in [4.69, 9.17) is 4.74 Å². The average Bonchev–Trinajstić information content (AvgIpc) is 2.40. The van der Waals surface area contributed by atoms with Gasteiger partial charge in [-0.05, 0) is 17.7 Å². The first-order valence-corrected chi connectivity index (χ1v) is 5.80. The summed E-state index contributed by atoms with van der Waals surface area (Å²) in [5.74, 6) is 0.142. The van der Waals surface area contributed by atoms with Crippen LogP contribution in [0.15, 0.2) is 48.5 Å². The van der Waals surface area contributed by atoms with E-state index in [0.29, 0.717) is 17.7 Å². The maximum absolute atomic E-state index is 11.1. The minimum Gasteiger partial charge on any atom is -0.507 e. The van der Waals surface area contributed by atoms with E-state index in [1.165, 1.54) is 6.07 Å². The molecule has 0 radical (unpaired) electrons. The van der Waals surface area contributed by atoms with Gasteiger partial charge in [-0.3, -0.25) is 4.79 Å². The van der Waals surface area contributed by atoms with Gasteiger partial charge in [0.2, 0.25) is 0 Å². The number of benzene rings is 2. The molecule has 1 N–H and O–H groups in total. The third-order valence-electron chi connectivity index (χ3n) is 2.57. The van der Waals surface area contributed by atoms with Crippen LogP contribution in [0.25, 0.3) is 11.1 Å². The molecule has 0 spiro atoms. The van der Waals surface area contributed by atoms with E-state index in [-0.39, 0.29) is 11.7 Å². The minimum absolute atomic E-state index is 0.0996. The Labute approximate surface area is 106 Å². The molecule has 0 aliphatic carbocycles. The zero-order chi connectivity index (χ0) is 13.0. The predicted molar refractivity (Wildman–Crippen MR) is 69.5 cm³/mol. The Morgan fingerprint density at radius 3 is 2.50 bits per heavy atom. The van der Waals surface area contributed by atoms with Crippen molar-refractivity contribution >= 4 is 5.97 Å². The molecule has 0 unspecified atom stereocenters. The average molecular weight is 242 g/mol. The standard InChI is InChI=1S/C15H14O3/c1-2-15(17)18-12-8-9-13(14(16)10-12)11-6-4-3-5-7-11/h3-10,16H,2H2,1H3.